The molecule has 2 aromatic carbocycles. The van der Waals surface area contributed by atoms with Crippen LogP contribution in [0.25, 0.3) is 0 Å². The minimum atomic E-state index is -1.00. The Kier molecular flexibility index (Phi) is 5.32. The summed E-state index contributed by atoms with van der Waals surface area (Å²) >= 11 is 0. The van der Waals surface area contributed by atoms with E-state index in [1.807, 2.05) is 33.8 Å². The van der Waals surface area contributed by atoms with E-state index in [2.05, 4.69) is 5.32 Å². The highest BCUT2D eigenvalue weighted by atomic mass is 16.7. The first-order chi connectivity index (χ1) is 13.1. The first-order valence-electron chi connectivity index (χ1n) is 9.14. The van der Waals surface area contributed by atoms with Crippen molar-refractivity contribution in [3.8, 4) is 0 Å². The quantitative estimate of drug-likeness (QED) is 0.591. The van der Waals surface area contributed by atoms with Crippen molar-refractivity contribution >= 4 is 30.5 Å². The van der Waals surface area contributed by atoms with Gasteiger partial charge in [-0.3, -0.25) is 4.79 Å². The number of benzene rings is 2. The highest BCUT2D eigenvalue weighted by Crippen LogP contribution is 2.36. The minimum Gasteiger partial charge on any atom is -0.478 e. The van der Waals surface area contributed by atoms with Crippen LogP contribution >= 0.6 is 0 Å². The van der Waals surface area contributed by atoms with Gasteiger partial charge in [0.15, 0.2) is 6.29 Å². The van der Waals surface area contributed by atoms with Gasteiger partial charge in [0.1, 0.15) is 0 Å². The largest absolute Gasteiger partial charge is 0.495 e. The molecular weight excluding hydrogens is 357 g/mol. The Bertz CT molecular complexity index is 893. The zero-order valence-corrected chi connectivity index (χ0v) is 16.5. The van der Waals surface area contributed by atoms with Gasteiger partial charge in [0.2, 0.25) is 0 Å². The van der Waals surface area contributed by atoms with Gasteiger partial charge in [-0.25, -0.2) is 4.79 Å². The van der Waals surface area contributed by atoms with E-state index in [9.17, 15) is 14.7 Å². The Labute approximate surface area is 165 Å². The number of hydrogen-bond acceptors (Lipinski definition) is 5. The lowest BCUT2D eigenvalue weighted by atomic mass is 9.75. The van der Waals surface area contributed by atoms with Crippen molar-refractivity contribution in [3.05, 3.63) is 59.2 Å². The van der Waals surface area contributed by atoms with Crippen LogP contribution in [0.2, 0.25) is 0 Å². The van der Waals surface area contributed by atoms with Crippen LogP contribution in [0.1, 0.15) is 54.0 Å². The van der Waals surface area contributed by atoms with Crippen molar-refractivity contribution in [2.45, 2.75) is 45.4 Å². The van der Waals surface area contributed by atoms with Crippen LogP contribution in [0, 0.1) is 0 Å². The van der Waals surface area contributed by atoms with E-state index in [1.165, 1.54) is 0 Å². The third-order valence-corrected chi connectivity index (χ3v) is 5.45. The van der Waals surface area contributed by atoms with Crippen molar-refractivity contribution < 1.29 is 24.0 Å². The Morgan fingerprint density at radius 3 is 2.36 bits per heavy atom. The van der Waals surface area contributed by atoms with Crippen molar-refractivity contribution in [2.75, 3.05) is 5.32 Å². The molecule has 1 fully saturated rings. The van der Waals surface area contributed by atoms with Crippen LogP contribution in [0.5, 0.6) is 0 Å². The van der Waals surface area contributed by atoms with Crippen molar-refractivity contribution in [1.82, 2.24) is 0 Å². The molecule has 0 saturated carbocycles. The fourth-order valence-corrected chi connectivity index (χ4v) is 3.04. The molecule has 28 heavy (non-hydrogen) atoms. The third kappa shape index (κ3) is 3.81. The number of aldehydes is 1. The number of anilines is 1. The maximum atomic E-state index is 11.4. The molecule has 6 nitrogen and oxygen atoms in total. The van der Waals surface area contributed by atoms with Gasteiger partial charge in [0.25, 0.3) is 0 Å². The molecule has 0 amide bonds. The van der Waals surface area contributed by atoms with Crippen molar-refractivity contribution in [2.24, 2.45) is 0 Å². The van der Waals surface area contributed by atoms with Crippen LogP contribution in [0.4, 0.5) is 5.69 Å². The van der Waals surface area contributed by atoms with Gasteiger partial charge < -0.3 is 19.7 Å². The number of nitrogens with one attached hydrogen (secondary N) is 1. The van der Waals surface area contributed by atoms with Crippen molar-refractivity contribution in [1.29, 1.82) is 0 Å². The minimum absolute atomic E-state index is 0.181. The lowest BCUT2D eigenvalue weighted by Gasteiger charge is -2.32. The summed E-state index contributed by atoms with van der Waals surface area (Å²) in [4.78, 5) is 22.7. The molecular formula is C21H24BNO5. The number of hydrogen-bond donors (Lipinski definition) is 2. The smallest absolute Gasteiger partial charge is 0.478 e. The van der Waals surface area contributed by atoms with Gasteiger partial charge in [-0.15, -0.1) is 0 Å². The number of rotatable bonds is 6. The Balaban J connectivity index is 1.93. The molecule has 7 heteroatoms. The fourth-order valence-electron chi connectivity index (χ4n) is 3.04. The van der Waals surface area contributed by atoms with Crippen LogP contribution in [0.3, 0.4) is 0 Å². The Morgan fingerprint density at radius 1 is 1.11 bits per heavy atom. The van der Waals surface area contributed by atoms with E-state index in [-0.39, 0.29) is 5.56 Å². The average Bonchev–Trinajstić information content (AvgIpc) is 2.87. The maximum Gasteiger partial charge on any atom is 0.495 e. The monoisotopic (exact) mass is 381 g/mol. The zero-order chi connectivity index (χ0) is 20.5. The molecule has 1 heterocycles. The number of carboxylic acid groups (broad SMARTS) is 1. The summed E-state index contributed by atoms with van der Waals surface area (Å²) in [5.74, 6) is -1.00. The van der Waals surface area contributed by atoms with Gasteiger partial charge in [0, 0.05) is 17.8 Å². The highest BCUT2D eigenvalue weighted by molar-refractivity contribution is 6.62. The average molecular weight is 381 g/mol. The van der Waals surface area contributed by atoms with E-state index in [1.54, 1.807) is 36.4 Å². The SMILES string of the molecule is CC1(C)OB(c2ccc(C(=O)O)cc2CNc2ccccc2C=O)OC1(C)C. The standard InChI is InChI=1S/C21H24BNO5/c1-20(2)21(3,4)28-22(27-20)17-10-9-14(19(25)26)11-16(17)12-23-18-8-6-5-7-15(18)13-24/h5-11,13,23H,12H2,1-4H3,(H,25,26). The predicted molar refractivity (Wildman–Crippen MR) is 108 cm³/mol. The molecule has 2 aromatic rings. The summed E-state index contributed by atoms with van der Waals surface area (Å²) in [6.07, 6.45) is 0.783. The number of carboxylic acids is 1. The fraction of sp³-hybridized carbons (Fsp3) is 0.333. The highest BCUT2D eigenvalue weighted by Gasteiger charge is 2.52. The lowest BCUT2D eigenvalue weighted by molar-refractivity contribution is 0.00578. The molecule has 0 radical (unpaired) electrons. The van der Waals surface area contributed by atoms with Gasteiger partial charge in [-0.2, -0.15) is 0 Å². The Morgan fingerprint density at radius 2 is 1.75 bits per heavy atom. The van der Waals surface area contributed by atoms with Crippen LogP contribution < -0.4 is 10.8 Å². The van der Waals surface area contributed by atoms with E-state index < -0.39 is 24.3 Å². The summed E-state index contributed by atoms with van der Waals surface area (Å²) in [6.45, 7) is 8.20. The molecule has 2 N–H and O–H groups in total. The molecule has 0 aliphatic carbocycles. The first kappa shape index (κ1) is 20.1. The van der Waals surface area contributed by atoms with E-state index >= 15 is 0 Å². The van der Waals surface area contributed by atoms with Gasteiger partial charge in [-0.1, -0.05) is 18.2 Å². The molecule has 1 saturated heterocycles. The summed E-state index contributed by atoms with van der Waals surface area (Å²) in [7, 11) is -0.606. The second kappa shape index (κ2) is 7.41. The topological polar surface area (TPSA) is 84.9 Å². The second-order valence-electron chi connectivity index (χ2n) is 7.87. The maximum absolute atomic E-state index is 11.4. The number of aromatic carboxylic acids is 1. The van der Waals surface area contributed by atoms with E-state index in [0.717, 1.165) is 17.3 Å². The lowest BCUT2D eigenvalue weighted by Crippen LogP contribution is -2.41. The summed E-state index contributed by atoms with van der Waals surface area (Å²) < 4.78 is 12.3. The molecule has 0 bridgehead atoms. The molecule has 1 aliphatic heterocycles. The summed E-state index contributed by atoms with van der Waals surface area (Å²) in [5.41, 5.74) is 1.89. The summed E-state index contributed by atoms with van der Waals surface area (Å²) in [5, 5.41) is 12.6. The normalized spacial score (nSPS) is 17.4. The van der Waals surface area contributed by atoms with Crippen LogP contribution in [-0.2, 0) is 15.9 Å². The van der Waals surface area contributed by atoms with E-state index in [4.69, 9.17) is 9.31 Å². The van der Waals surface area contributed by atoms with Gasteiger partial charge in [-0.05, 0) is 63.0 Å². The molecule has 0 unspecified atom stereocenters. The molecule has 146 valence electrons. The zero-order valence-electron chi connectivity index (χ0n) is 16.5. The molecule has 1 aliphatic rings. The van der Waals surface area contributed by atoms with Crippen LogP contribution in [0.15, 0.2) is 42.5 Å². The van der Waals surface area contributed by atoms with Crippen LogP contribution in [-0.4, -0.2) is 35.7 Å². The first-order valence-corrected chi connectivity index (χ1v) is 9.14. The number of carbonyl (C=O) groups excluding carboxylic acids is 1. The number of para-hydroxylation sites is 1. The molecule has 0 atom stereocenters. The predicted octanol–water partition coefficient (Wildman–Crippen LogP) is 3.11. The Hall–Kier alpha value is -2.64. The molecule has 3 rings (SSSR count). The molecule has 0 aromatic heterocycles. The van der Waals surface area contributed by atoms with Gasteiger partial charge in [0.05, 0.1) is 16.8 Å². The van der Waals surface area contributed by atoms with Gasteiger partial charge >= 0.3 is 13.1 Å². The summed E-state index contributed by atoms with van der Waals surface area (Å²) in [6, 6.07) is 12.0. The van der Waals surface area contributed by atoms with Crippen molar-refractivity contribution in [3.63, 3.8) is 0 Å². The van der Waals surface area contributed by atoms with E-state index in [0.29, 0.717) is 17.8 Å². The third-order valence-electron chi connectivity index (χ3n) is 5.45. The second-order valence-corrected chi connectivity index (χ2v) is 7.87. The molecule has 0 spiro atoms. The number of carbonyl (C=O) groups is 2.